The van der Waals surface area contributed by atoms with Gasteiger partial charge < -0.3 is 5.73 Å². The Labute approximate surface area is 88.2 Å². The number of carbonyl (C=O) groups excluding carboxylic acids is 1. The summed E-state index contributed by atoms with van der Waals surface area (Å²) in [5.74, 6) is -0.286. The van der Waals surface area contributed by atoms with E-state index in [0.717, 1.165) is 6.07 Å². The first-order valence-corrected chi connectivity index (χ1v) is 4.60. The molecule has 0 aliphatic carbocycles. The summed E-state index contributed by atoms with van der Waals surface area (Å²) in [6.45, 7) is 1.30. The predicted octanol–water partition coefficient (Wildman–Crippen LogP) is 3.17. The molecule has 0 unspecified atom stereocenters. The molecular weight excluding hydrogens is 256 g/mol. The largest absolute Gasteiger partial charge is 0.398 e. The average molecular weight is 264 g/mol. The number of ketones is 1. The molecule has 0 amide bonds. The number of Topliss-reactive ketones (excluding diaryl/α,β-unsaturated/α-hetero) is 1. The van der Waals surface area contributed by atoms with Gasteiger partial charge in [-0.05, 0) is 35.0 Å². The van der Waals surface area contributed by atoms with Crippen molar-refractivity contribution >= 4 is 27.4 Å². The molecule has 0 heterocycles. The second-order valence-electron chi connectivity index (χ2n) is 2.83. The van der Waals surface area contributed by atoms with Crippen molar-refractivity contribution in [2.45, 2.75) is 13.3 Å². The van der Waals surface area contributed by atoms with Gasteiger partial charge in [-0.2, -0.15) is 0 Å². The van der Waals surface area contributed by atoms with Crippen LogP contribution in [-0.2, 0) is 0 Å². The molecule has 1 rings (SSSR count). The zero-order valence-corrected chi connectivity index (χ0v) is 8.94. The zero-order valence-electron chi connectivity index (χ0n) is 7.35. The van der Waals surface area contributed by atoms with Crippen LogP contribution in [0.3, 0.4) is 0 Å². The van der Waals surface area contributed by atoms with Crippen molar-refractivity contribution in [2.24, 2.45) is 0 Å². The quantitative estimate of drug-likeness (QED) is 0.658. The van der Waals surface area contributed by atoms with E-state index in [-0.39, 0.29) is 27.1 Å². The Kier molecular flexibility index (Phi) is 3.21. The van der Waals surface area contributed by atoms with Crippen molar-refractivity contribution in [3.05, 3.63) is 27.7 Å². The van der Waals surface area contributed by atoms with Gasteiger partial charge in [0.05, 0.1) is 0 Å². The fourth-order valence-corrected chi connectivity index (χ4v) is 1.43. The Hall–Kier alpha value is -0.970. The maximum Gasteiger partial charge on any atom is 0.265 e. The highest BCUT2D eigenvalue weighted by atomic mass is 79.9. The molecule has 0 aromatic heterocycles. The fourth-order valence-electron chi connectivity index (χ4n) is 1.03. The number of hydrogen-bond acceptors (Lipinski definition) is 2. The van der Waals surface area contributed by atoms with Crippen LogP contribution in [0.25, 0.3) is 0 Å². The van der Waals surface area contributed by atoms with Gasteiger partial charge in [0.25, 0.3) is 6.43 Å². The Morgan fingerprint density at radius 2 is 2.07 bits per heavy atom. The summed E-state index contributed by atoms with van der Waals surface area (Å²) in [6.07, 6.45) is -2.65. The van der Waals surface area contributed by atoms with Crippen molar-refractivity contribution in [2.75, 3.05) is 5.73 Å². The molecule has 76 valence electrons. The van der Waals surface area contributed by atoms with Gasteiger partial charge in [0.2, 0.25) is 0 Å². The molecule has 0 aliphatic heterocycles. The lowest BCUT2D eigenvalue weighted by Crippen LogP contribution is -2.00. The molecule has 0 spiro atoms. The van der Waals surface area contributed by atoms with Crippen LogP contribution in [0.2, 0.25) is 0 Å². The number of benzene rings is 1. The number of hydrogen-bond donors (Lipinski definition) is 1. The van der Waals surface area contributed by atoms with E-state index in [1.54, 1.807) is 0 Å². The van der Waals surface area contributed by atoms with Crippen molar-refractivity contribution in [1.29, 1.82) is 0 Å². The number of anilines is 1. The maximum atomic E-state index is 12.5. The minimum absolute atomic E-state index is 0.146. The van der Waals surface area contributed by atoms with Gasteiger partial charge in [-0.1, -0.05) is 0 Å². The molecule has 1 aromatic rings. The van der Waals surface area contributed by atoms with E-state index in [0.29, 0.717) is 0 Å². The minimum atomic E-state index is -2.65. The molecule has 5 heteroatoms. The van der Waals surface area contributed by atoms with Crippen molar-refractivity contribution in [3.63, 3.8) is 0 Å². The molecule has 0 saturated carbocycles. The van der Waals surface area contributed by atoms with Gasteiger partial charge in [-0.25, -0.2) is 8.78 Å². The number of rotatable bonds is 2. The predicted molar refractivity (Wildman–Crippen MR) is 53.5 cm³/mol. The number of halogens is 3. The first-order chi connectivity index (χ1) is 6.43. The molecular formula is C9H8BrF2NO. The van der Waals surface area contributed by atoms with Crippen LogP contribution in [0.5, 0.6) is 0 Å². The van der Waals surface area contributed by atoms with E-state index in [1.165, 1.54) is 13.0 Å². The number of nitrogens with two attached hydrogens (primary N) is 1. The molecule has 0 bridgehead atoms. The van der Waals surface area contributed by atoms with E-state index in [1.807, 2.05) is 0 Å². The molecule has 0 radical (unpaired) electrons. The number of carbonyl (C=O) groups is 1. The topological polar surface area (TPSA) is 43.1 Å². The summed E-state index contributed by atoms with van der Waals surface area (Å²) >= 11 is 2.95. The highest BCUT2D eigenvalue weighted by molar-refractivity contribution is 9.10. The lowest BCUT2D eigenvalue weighted by Gasteiger charge is -2.08. The van der Waals surface area contributed by atoms with Crippen LogP contribution in [0, 0.1) is 0 Å². The SMILES string of the molecule is CC(=O)c1cc(N)c(Br)c(C(F)F)c1. The molecule has 0 fully saturated rings. The lowest BCUT2D eigenvalue weighted by atomic mass is 10.1. The summed E-state index contributed by atoms with van der Waals surface area (Å²) in [7, 11) is 0. The second-order valence-corrected chi connectivity index (χ2v) is 3.62. The third-order valence-electron chi connectivity index (χ3n) is 1.77. The van der Waals surface area contributed by atoms with Crippen LogP contribution in [0.4, 0.5) is 14.5 Å². The van der Waals surface area contributed by atoms with Gasteiger partial charge >= 0.3 is 0 Å². The summed E-state index contributed by atoms with van der Waals surface area (Å²) in [5, 5.41) is 0. The highest BCUT2D eigenvalue weighted by Crippen LogP contribution is 2.33. The van der Waals surface area contributed by atoms with Crippen LogP contribution in [-0.4, -0.2) is 5.78 Å². The van der Waals surface area contributed by atoms with Crippen LogP contribution in [0.15, 0.2) is 16.6 Å². The summed E-state index contributed by atoms with van der Waals surface area (Å²) < 4.78 is 25.1. The van der Waals surface area contributed by atoms with Crippen LogP contribution >= 0.6 is 15.9 Å². The molecule has 0 aliphatic rings. The fraction of sp³-hybridized carbons (Fsp3) is 0.222. The minimum Gasteiger partial charge on any atom is -0.398 e. The van der Waals surface area contributed by atoms with Gasteiger partial charge in [-0.15, -0.1) is 0 Å². The van der Waals surface area contributed by atoms with E-state index in [4.69, 9.17) is 5.73 Å². The summed E-state index contributed by atoms with van der Waals surface area (Å²) in [6, 6.07) is 2.52. The average Bonchev–Trinajstić information content (AvgIpc) is 2.08. The first-order valence-electron chi connectivity index (χ1n) is 3.81. The standard InChI is InChI=1S/C9H8BrF2NO/c1-4(14)5-2-6(9(11)12)8(10)7(13)3-5/h2-3,9H,13H2,1H3. The van der Waals surface area contributed by atoms with Crippen molar-refractivity contribution in [1.82, 2.24) is 0 Å². The molecule has 0 saturated heterocycles. The van der Waals surface area contributed by atoms with Gasteiger partial charge in [0, 0.05) is 21.3 Å². The van der Waals surface area contributed by atoms with E-state index in [9.17, 15) is 13.6 Å². The Balaban J connectivity index is 3.35. The first kappa shape index (κ1) is 11.1. The number of alkyl halides is 2. The smallest absolute Gasteiger partial charge is 0.265 e. The Morgan fingerprint density at radius 1 is 1.50 bits per heavy atom. The molecule has 0 atom stereocenters. The molecule has 14 heavy (non-hydrogen) atoms. The second kappa shape index (κ2) is 4.04. The Bertz CT molecular complexity index is 379. The third kappa shape index (κ3) is 2.09. The maximum absolute atomic E-state index is 12.5. The van der Waals surface area contributed by atoms with E-state index < -0.39 is 6.43 Å². The van der Waals surface area contributed by atoms with Gasteiger partial charge in [0.1, 0.15) is 0 Å². The Morgan fingerprint density at radius 3 is 2.50 bits per heavy atom. The van der Waals surface area contributed by atoms with Crippen LogP contribution < -0.4 is 5.73 Å². The van der Waals surface area contributed by atoms with E-state index in [2.05, 4.69) is 15.9 Å². The monoisotopic (exact) mass is 263 g/mol. The third-order valence-corrected chi connectivity index (χ3v) is 2.69. The van der Waals surface area contributed by atoms with Crippen molar-refractivity contribution in [3.8, 4) is 0 Å². The van der Waals surface area contributed by atoms with Crippen molar-refractivity contribution < 1.29 is 13.6 Å². The van der Waals surface area contributed by atoms with Gasteiger partial charge in [0.15, 0.2) is 5.78 Å². The highest BCUT2D eigenvalue weighted by Gasteiger charge is 2.16. The number of nitrogen functional groups attached to an aromatic ring is 1. The summed E-state index contributed by atoms with van der Waals surface area (Å²) in [4.78, 5) is 11.0. The van der Waals surface area contributed by atoms with Gasteiger partial charge in [-0.3, -0.25) is 4.79 Å². The zero-order chi connectivity index (χ0) is 10.9. The molecule has 2 N–H and O–H groups in total. The molecule has 1 aromatic carbocycles. The lowest BCUT2D eigenvalue weighted by molar-refractivity contribution is 0.101. The molecule has 2 nitrogen and oxygen atoms in total. The van der Waals surface area contributed by atoms with E-state index >= 15 is 0 Å². The normalized spacial score (nSPS) is 10.6. The van der Waals surface area contributed by atoms with Crippen LogP contribution in [0.1, 0.15) is 29.3 Å². The summed E-state index contributed by atoms with van der Waals surface area (Å²) in [5.41, 5.74) is 5.55.